The Morgan fingerprint density at radius 2 is 1.77 bits per heavy atom. The van der Waals surface area contributed by atoms with Crippen molar-refractivity contribution in [3.63, 3.8) is 0 Å². The molecule has 4 nitrogen and oxygen atoms in total. The Labute approximate surface area is 240 Å². The Balaban J connectivity index is 0. The van der Waals surface area contributed by atoms with Crippen LogP contribution in [0.5, 0.6) is 17.2 Å². The van der Waals surface area contributed by atoms with Crippen molar-refractivity contribution in [3.8, 4) is 28.4 Å². The van der Waals surface area contributed by atoms with Gasteiger partial charge >= 0.3 is 0 Å². The van der Waals surface area contributed by atoms with Gasteiger partial charge in [-0.2, -0.15) is 0 Å². The molecule has 1 N–H and O–H groups in total. The first-order chi connectivity index (χ1) is 12.7. The summed E-state index contributed by atoms with van der Waals surface area (Å²) in [6.07, 6.45) is 3.15. The number of aromatic hydroxyl groups is 1. The van der Waals surface area contributed by atoms with E-state index in [4.69, 9.17) is 9.47 Å². The van der Waals surface area contributed by atoms with Crippen LogP contribution in [0.3, 0.4) is 0 Å². The summed E-state index contributed by atoms with van der Waals surface area (Å²) in [6.45, 7) is 7.10. The van der Waals surface area contributed by atoms with Crippen LogP contribution in [0.25, 0.3) is 11.1 Å². The maximum Gasteiger partial charge on any atom is 0.168 e. The number of fused-ring (bicyclic) bond motifs is 2. The van der Waals surface area contributed by atoms with Gasteiger partial charge in [0.2, 0.25) is 0 Å². The zero-order valence-corrected chi connectivity index (χ0v) is 22.7. The van der Waals surface area contributed by atoms with E-state index in [1.165, 1.54) is 16.7 Å². The molecule has 0 aromatic heterocycles. The summed E-state index contributed by atoms with van der Waals surface area (Å²) in [5, 5.41) is 10.3. The van der Waals surface area contributed by atoms with Crippen LogP contribution in [0.1, 0.15) is 65.3 Å². The van der Waals surface area contributed by atoms with Gasteiger partial charge in [-0.25, -0.2) is 0 Å². The molecule has 2 aromatic rings. The van der Waals surface area contributed by atoms with E-state index in [-0.39, 0.29) is 93.4 Å². The molecular formula is C25H39NO3Y2. The van der Waals surface area contributed by atoms with Crippen LogP contribution >= 0.6 is 0 Å². The van der Waals surface area contributed by atoms with Crippen molar-refractivity contribution in [3.05, 3.63) is 41.0 Å². The number of nitrogens with zero attached hydrogens (tertiary/aromatic N) is 1. The molecular weight excluding hydrogens is 540 g/mol. The molecule has 0 amide bonds. The molecule has 1 aliphatic heterocycles. The quantitative estimate of drug-likeness (QED) is 0.456. The summed E-state index contributed by atoms with van der Waals surface area (Å²) in [4.78, 5) is 2.61. The topological polar surface area (TPSA) is 41.9 Å². The van der Waals surface area contributed by atoms with Crippen molar-refractivity contribution in [1.82, 2.24) is 4.90 Å². The fourth-order valence-electron chi connectivity index (χ4n) is 4.62. The molecule has 0 bridgehead atoms. The van der Waals surface area contributed by atoms with Crippen LogP contribution in [0.4, 0.5) is 0 Å². The van der Waals surface area contributed by atoms with Gasteiger partial charge in [0.1, 0.15) is 5.75 Å². The Kier molecular flexibility index (Phi) is 15.3. The molecule has 0 unspecified atom stereocenters. The second-order valence-electron chi connectivity index (χ2n) is 7.13. The summed E-state index contributed by atoms with van der Waals surface area (Å²) in [5.41, 5.74) is 6.19. The molecule has 1 aliphatic carbocycles. The Hall–Kier alpha value is 0.00779. The van der Waals surface area contributed by atoms with E-state index in [0.29, 0.717) is 18.4 Å². The summed E-state index contributed by atoms with van der Waals surface area (Å²) >= 11 is 0. The van der Waals surface area contributed by atoms with Gasteiger partial charge in [0.05, 0.1) is 13.7 Å². The number of benzene rings is 2. The van der Waals surface area contributed by atoms with Gasteiger partial charge in [0, 0.05) is 83.6 Å². The summed E-state index contributed by atoms with van der Waals surface area (Å²) in [7, 11) is 1.63. The van der Waals surface area contributed by atoms with E-state index in [1.54, 1.807) is 13.2 Å². The zero-order valence-electron chi connectivity index (χ0n) is 17.0. The van der Waals surface area contributed by atoms with E-state index in [2.05, 4.69) is 24.0 Å². The fraction of sp³-hybridized carbons (Fsp3) is 0.520. The second kappa shape index (κ2) is 14.3. The number of ether oxygens (including phenoxy) is 2. The van der Waals surface area contributed by atoms with Crippen LogP contribution in [0, 0.1) is 0 Å². The first kappa shape index (κ1) is 33.2. The fourth-order valence-corrected chi connectivity index (χ4v) is 4.62. The van der Waals surface area contributed by atoms with Crippen LogP contribution < -0.4 is 9.47 Å². The van der Waals surface area contributed by atoms with Crippen LogP contribution in [-0.4, -0.2) is 36.8 Å². The van der Waals surface area contributed by atoms with Crippen molar-refractivity contribution in [2.24, 2.45) is 0 Å². The average molecular weight is 579 g/mol. The summed E-state index contributed by atoms with van der Waals surface area (Å²) in [6, 6.07) is 8.53. The number of hydrogen-bond donors (Lipinski definition) is 1. The van der Waals surface area contributed by atoms with Gasteiger partial charge in [-0.1, -0.05) is 35.3 Å². The van der Waals surface area contributed by atoms with Crippen molar-refractivity contribution in [2.75, 3.05) is 26.8 Å². The molecule has 0 fully saturated rings. The minimum Gasteiger partial charge on any atom is -0.504 e. The molecule has 0 spiro atoms. The maximum absolute atomic E-state index is 10.3. The Morgan fingerprint density at radius 3 is 2.39 bits per heavy atom. The van der Waals surface area contributed by atoms with Gasteiger partial charge in [-0.05, 0) is 73.2 Å². The molecule has 2 radical (unpaired) electrons. The van der Waals surface area contributed by atoms with Crippen LogP contribution in [0.2, 0.25) is 0 Å². The largest absolute Gasteiger partial charge is 0.504 e. The number of methoxy groups -OCH3 is 1. The van der Waals surface area contributed by atoms with Crippen LogP contribution in [-0.2, 0) is 78.3 Å². The van der Waals surface area contributed by atoms with Gasteiger partial charge < -0.3 is 14.6 Å². The molecule has 31 heavy (non-hydrogen) atoms. The third kappa shape index (κ3) is 6.12. The normalized spacial score (nSPS) is 15.3. The summed E-state index contributed by atoms with van der Waals surface area (Å²) in [5.74, 6) is 1.67. The van der Waals surface area contributed by atoms with E-state index in [9.17, 15) is 5.11 Å². The molecule has 2 aliphatic rings. The molecule has 4 rings (SSSR count). The monoisotopic (exact) mass is 579 g/mol. The Morgan fingerprint density at radius 1 is 1.06 bits per heavy atom. The molecule has 2 aromatic carbocycles. The standard InChI is InChI=1S/C22H27NO3.3CH4.2Y/c1-4-9-23-10-8-15-11-16(26-5-2)13-17-20(15)18(23)12-14-6-7-19(24)22(25-3)21(14)17;;;;;/h6-7,11,13,18,24H,4-5,8-10,12H2,1-3H3;3*1H4;;/t18-;;;;;/m1...../s1. The van der Waals surface area contributed by atoms with Gasteiger partial charge in [-0.3, -0.25) is 4.90 Å². The van der Waals surface area contributed by atoms with E-state index >= 15 is 0 Å². The number of phenols is 1. The van der Waals surface area contributed by atoms with Crippen molar-refractivity contribution < 1.29 is 80.0 Å². The first-order valence-electron chi connectivity index (χ1n) is 9.60. The van der Waals surface area contributed by atoms with Crippen molar-refractivity contribution >= 4 is 0 Å². The number of rotatable bonds is 5. The van der Waals surface area contributed by atoms with E-state index < -0.39 is 0 Å². The number of phenolic OH excluding ortho intramolecular Hbond substituents is 1. The third-order valence-electron chi connectivity index (χ3n) is 5.61. The van der Waals surface area contributed by atoms with Crippen molar-refractivity contribution in [2.45, 2.75) is 61.4 Å². The molecule has 168 valence electrons. The van der Waals surface area contributed by atoms with Gasteiger partial charge in [0.25, 0.3) is 0 Å². The second-order valence-corrected chi connectivity index (χ2v) is 7.13. The van der Waals surface area contributed by atoms with E-state index in [1.807, 2.05) is 13.0 Å². The molecule has 0 saturated carbocycles. The smallest absolute Gasteiger partial charge is 0.168 e. The predicted octanol–water partition coefficient (Wildman–Crippen LogP) is 6.24. The average Bonchev–Trinajstić information content (AvgIpc) is 2.64. The Bertz CT molecular complexity index is 842. The molecule has 1 atom stereocenters. The molecule has 1 heterocycles. The third-order valence-corrected chi connectivity index (χ3v) is 5.61. The van der Waals surface area contributed by atoms with Gasteiger partial charge in [-0.15, -0.1) is 0 Å². The molecule has 6 heteroatoms. The summed E-state index contributed by atoms with van der Waals surface area (Å²) < 4.78 is 11.4. The maximum atomic E-state index is 10.3. The predicted molar refractivity (Wildman–Crippen MR) is 123 cm³/mol. The SMILES string of the molecule is C.C.C.CCCN1CCc2cc(OCC)cc3c2[C@H]1Cc1ccc(O)c(OC)c1-3.[Y].[Y]. The van der Waals surface area contributed by atoms with Gasteiger partial charge in [0.15, 0.2) is 11.5 Å². The minimum absolute atomic E-state index is 0. The molecule has 0 saturated heterocycles. The van der Waals surface area contributed by atoms with Crippen molar-refractivity contribution in [1.29, 1.82) is 0 Å². The number of hydrogen-bond acceptors (Lipinski definition) is 4. The van der Waals surface area contributed by atoms with Crippen LogP contribution in [0.15, 0.2) is 24.3 Å². The zero-order chi connectivity index (χ0) is 18.3. The first-order valence-corrected chi connectivity index (χ1v) is 9.60. The minimum atomic E-state index is 0. The van der Waals surface area contributed by atoms with E-state index in [0.717, 1.165) is 49.2 Å².